The van der Waals surface area contributed by atoms with E-state index >= 15 is 0 Å². The van der Waals surface area contributed by atoms with E-state index in [4.69, 9.17) is 4.74 Å². The average molecular weight is 308 g/mol. The third-order valence-electron chi connectivity index (χ3n) is 3.32. The lowest BCUT2D eigenvalue weighted by atomic mass is 9.90. The Kier molecular flexibility index (Phi) is 7.27. The van der Waals surface area contributed by atoms with Crippen LogP contribution < -0.4 is 0 Å². The Morgan fingerprint density at radius 1 is 1.10 bits per heavy atom. The van der Waals surface area contributed by atoms with E-state index < -0.39 is 29.4 Å². The number of alkyl halides is 2. The monoisotopic (exact) mass is 308 g/mol. The molecule has 0 heterocycles. The second-order valence-corrected chi connectivity index (χ2v) is 6.10. The van der Waals surface area contributed by atoms with Crippen molar-refractivity contribution < 1.29 is 27.8 Å². The zero-order valence-corrected chi connectivity index (χ0v) is 13.7. The van der Waals surface area contributed by atoms with Crippen LogP contribution in [-0.4, -0.2) is 30.6 Å². The molecule has 124 valence electrons. The molecule has 0 saturated heterocycles. The molecule has 0 rings (SSSR count). The first-order valence-electron chi connectivity index (χ1n) is 7.25. The van der Waals surface area contributed by atoms with Gasteiger partial charge in [0.05, 0.1) is 12.0 Å². The number of hydrogen-bond acceptors (Lipinski definition) is 4. The molecule has 0 aliphatic carbocycles. The van der Waals surface area contributed by atoms with E-state index in [9.17, 15) is 18.4 Å². The molecular weight excluding hydrogens is 282 g/mol. The van der Waals surface area contributed by atoms with Crippen LogP contribution in [0, 0.1) is 11.3 Å². The molecule has 0 aromatic carbocycles. The molecule has 0 fully saturated rings. The zero-order valence-electron chi connectivity index (χ0n) is 13.7. The Hall–Kier alpha value is -1.20. The highest BCUT2D eigenvalue weighted by molar-refractivity contribution is 5.80. The Balaban J connectivity index is 5.21. The first-order valence-corrected chi connectivity index (χ1v) is 7.25. The molecule has 0 radical (unpaired) electrons. The van der Waals surface area contributed by atoms with E-state index in [2.05, 4.69) is 4.74 Å². The molecular formula is C15H26F2O4. The van der Waals surface area contributed by atoms with E-state index in [1.807, 2.05) is 0 Å². The van der Waals surface area contributed by atoms with Crippen LogP contribution in [0.5, 0.6) is 0 Å². The summed E-state index contributed by atoms with van der Waals surface area (Å²) in [5.74, 6) is -6.40. The van der Waals surface area contributed by atoms with E-state index in [0.717, 1.165) is 0 Å². The molecule has 0 N–H and O–H groups in total. The Morgan fingerprint density at radius 3 is 2.00 bits per heavy atom. The van der Waals surface area contributed by atoms with Gasteiger partial charge in [0.15, 0.2) is 6.10 Å². The predicted octanol–water partition coefficient (Wildman–Crippen LogP) is 3.58. The van der Waals surface area contributed by atoms with E-state index in [1.165, 1.54) is 6.92 Å². The lowest BCUT2D eigenvalue weighted by molar-refractivity contribution is -0.203. The van der Waals surface area contributed by atoms with Crippen molar-refractivity contribution in [2.24, 2.45) is 11.3 Å². The van der Waals surface area contributed by atoms with Gasteiger partial charge >= 0.3 is 17.9 Å². The lowest BCUT2D eigenvalue weighted by Crippen LogP contribution is -2.47. The van der Waals surface area contributed by atoms with Crippen molar-refractivity contribution in [3.8, 4) is 0 Å². The highest BCUT2D eigenvalue weighted by Gasteiger charge is 2.52. The van der Waals surface area contributed by atoms with Crippen molar-refractivity contribution in [2.45, 2.75) is 66.4 Å². The van der Waals surface area contributed by atoms with Crippen LogP contribution in [-0.2, 0) is 19.1 Å². The highest BCUT2D eigenvalue weighted by Crippen LogP contribution is 2.31. The molecule has 4 nitrogen and oxygen atoms in total. The van der Waals surface area contributed by atoms with E-state index in [0.29, 0.717) is 6.42 Å². The largest absolute Gasteiger partial charge is 0.461 e. The summed E-state index contributed by atoms with van der Waals surface area (Å²) in [4.78, 5) is 23.4. The minimum Gasteiger partial charge on any atom is -0.461 e. The van der Waals surface area contributed by atoms with Crippen LogP contribution in [0.3, 0.4) is 0 Å². The SMILES string of the molecule is CCOC(=O)C(F)(F)C(CC(C)C)OC(=O)C(C)(C)CC. The molecule has 0 aromatic heterocycles. The van der Waals surface area contributed by atoms with Crippen LogP contribution >= 0.6 is 0 Å². The summed E-state index contributed by atoms with van der Waals surface area (Å²) < 4.78 is 37.6. The average Bonchev–Trinajstić information content (AvgIpc) is 2.37. The summed E-state index contributed by atoms with van der Waals surface area (Å²) in [5, 5.41) is 0. The van der Waals surface area contributed by atoms with Gasteiger partial charge in [-0.2, -0.15) is 8.78 Å². The Bertz CT molecular complexity index is 365. The summed E-state index contributed by atoms with van der Waals surface area (Å²) in [6.07, 6.45) is -1.47. The number of esters is 2. The third-order valence-corrected chi connectivity index (χ3v) is 3.32. The fourth-order valence-electron chi connectivity index (χ4n) is 1.49. The van der Waals surface area contributed by atoms with Crippen molar-refractivity contribution in [3.63, 3.8) is 0 Å². The second kappa shape index (κ2) is 7.71. The summed E-state index contributed by atoms with van der Waals surface area (Å²) in [7, 11) is 0. The van der Waals surface area contributed by atoms with Crippen molar-refractivity contribution in [1.29, 1.82) is 0 Å². The number of rotatable bonds is 8. The van der Waals surface area contributed by atoms with Crippen molar-refractivity contribution in [3.05, 3.63) is 0 Å². The van der Waals surface area contributed by atoms with Crippen molar-refractivity contribution in [2.75, 3.05) is 6.61 Å². The molecule has 1 unspecified atom stereocenters. The number of carbonyl (C=O) groups is 2. The van der Waals surface area contributed by atoms with Gasteiger partial charge < -0.3 is 9.47 Å². The maximum absolute atomic E-state index is 14.1. The number of carbonyl (C=O) groups excluding carboxylic acids is 2. The highest BCUT2D eigenvalue weighted by atomic mass is 19.3. The third kappa shape index (κ3) is 5.59. The van der Waals surface area contributed by atoms with Gasteiger partial charge in [-0.05, 0) is 39.5 Å². The Labute approximate surface area is 125 Å². The first-order chi connectivity index (χ1) is 9.48. The number of halogens is 2. The van der Waals surface area contributed by atoms with Gasteiger partial charge in [0.1, 0.15) is 0 Å². The maximum atomic E-state index is 14.1. The smallest absolute Gasteiger partial charge is 0.381 e. The normalized spacial score (nSPS) is 14.0. The van der Waals surface area contributed by atoms with Crippen LogP contribution in [0.4, 0.5) is 8.78 Å². The Morgan fingerprint density at radius 2 is 1.62 bits per heavy atom. The quantitative estimate of drug-likeness (QED) is 0.643. The maximum Gasteiger partial charge on any atom is 0.381 e. The number of hydrogen-bond donors (Lipinski definition) is 0. The second-order valence-electron chi connectivity index (χ2n) is 6.10. The van der Waals surface area contributed by atoms with Gasteiger partial charge in [-0.3, -0.25) is 4.79 Å². The van der Waals surface area contributed by atoms with E-state index in [1.54, 1.807) is 34.6 Å². The summed E-state index contributed by atoms with van der Waals surface area (Å²) >= 11 is 0. The lowest BCUT2D eigenvalue weighted by Gasteiger charge is -2.30. The predicted molar refractivity (Wildman–Crippen MR) is 75.0 cm³/mol. The number of ether oxygens (including phenoxy) is 2. The van der Waals surface area contributed by atoms with Gasteiger partial charge in [-0.15, -0.1) is 0 Å². The van der Waals surface area contributed by atoms with Gasteiger partial charge in [0.2, 0.25) is 0 Å². The molecule has 0 aromatic rings. The van der Waals surface area contributed by atoms with Crippen LogP contribution in [0.25, 0.3) is 0 Å². The molecule has 6 heteroatoms. The molecule has 0 saturated carbocycles. The minimum absolute atomic E-state index is 0.114. The van der Waals surface area contributed by atoms with Crippen LogP contribution in [0.1, 0.15) is 54.4 Å². The standard InChI is InChI=1S/C15H26F2O4/c1-7-14(5,6)12(18)21-11(9-10(3)4)15(16,17)13(19)20-8-2/h10-11H,7-9H2,1-6H3. The molecule has 0 aliphatic rings. The molecule has 0 aliphatic heterocycles. The molecule has 0 bridgehead atoms. The molecule has 21 heavy (non-hydrogen) atoms. The van der Waals surface area contributed by atoms with E-state index in [-0.39, 0.29) is 18.9 Å². The van der Waals surface area contributed by atoms with Gasteiger partial charge in [0.25, 0.3) is 0 Å². The summed E-state index contributed by atoms with van der Waals surface area (Å²) in [6.45, 7) is 9.71. The van der Waals surface area contributed by atoms with Gasteiger partial charge in [-0.1, -0.05) is 20.8 Å². The fourth-order valence-corrected chi connectivity index (χ4v) is 1.49. The molecule has 1 atom stereocenters. The summed E-state index contributed by atoms with van der Waals surface area (Å²) in [5.41, 5.74) is -0.875. The topological polar surface area (TPSA) is 52.6 Å². The minimum atomic E-state index is -3.85. The fraction of sp³-hybridized carbons (Fsp3) is 0.867. The van der Waals surface area contributed by atoms with Gasteiger partial charge in [-0.25, -0.2) is 4.79 Å². The van der Waals surface area contributed by atoms with Crippen LogP contribution in [0.2, 0.25) is 0 Å². The summed E-state index contributed by atoms with van der Waals surface area (Å²) in [6, 6.07) is 0. The van der Waals surface area contributed by atoms with Crippen molar-refractivity contribution >= 4 is 11.9 Å². The van der Waals surface area contributed by atoms with Gasteiger partial charge in [0, 0.05) is 0 Å². The molecule has 0 spiro atoms. The van der Waals surface area contributed by atoms with Crippen molar-refractivity contribution in [1.82, 2.24) is 0 Å². The molecule has 0 amide bonds. The zero-order chi connectivity index (χ0) is 16.8. The van der Waals surface area contributed by atoms with Crippen LogP contribution in [0.15, 0.2) is 0 Å². The first kappa shape index (κ1) is 19.8.